The Balaban J connectivity index is 2.25. The van der Waals surface area contributed by atoms with Gasteiger partial charge in [-0.15, -0.1) is 0 Å². The Hall–Kier alpha value is -2.30. The fraction of sp³-hybridized carbons (Fsp3) is 0.375. The van der Waals surface area contributed by atoms with E-state index in [4.69, 9.17) is 9.47 Å². The molecule has 0 aromatic heterocycles. The predicted molar refractivity (Wildman–Crippen MR) is 80.5 cm³/mol. The molecule has 1 heterocycles. The summed E-state index contributed by atoms with van der Waals surface area (Å²) in [4.78, 5) is 16.1. The number of carbonyl (C=O) groups excluding carboxylic acids is 1. The van der Waals surface area contributed by atoms with Gasteiger partial charge in [-0.25, -0.2) is 4.79 Å². The molecule has 1 aromatic rings. The number of hydrogen-bond donors (Lipinski definition) is 0. The first-order chi connectivity index (χ1) is 10.0. The minimum absolute atomic E-state index is 0.434. The molecule has 0 saturated carbocycles. The summed E-state index contributed by atoms with van der Waals surface area (Å²) in [5.41, 5.74) is 1.85. The number of methoxy groups -OCH3 is 1. The molecule has 0 bridgehead atoms. The predicted octanol–water partition coefficient (Wildman–Crippen LogP) is 3.05. The van der Waals surface area contributed by atoms with Crippen LogP contribution in [0.4, 0.5) is 0 Å². The summed E-state index contributed by atoms with van der Waals surface area (Å²) in [6, 6.07) is 5.52. The van der Waals surface area contributed by atoms with Gasteiger partial charge >= 0.3 is 5.97 Å². The van der Waals surface area contributed by atoms with E-state index in [1.54, 1.807) is 20.1 Å². The lowest BCUT2D eigenvalue weighted by Crippen LogP contribution is -2.05. The van der Waals surface area contributed by atoms with E-state index in [0.29, 0.717) is 35.3 Å². The van der Waals surface area contributed by atoms with Crippen molar-refractivity contribution in [2.24, 2.45) is 11.1 Å². The van der Waals surface area contributed by atoms with Crippen LogP contribution in [0, 0.1) is 5.92 Å². The molecule has 0 N–H and O–H groups in total. The van der Waals surface area contributed by atoms with E-state index in [1.807, 2.05) is 18.2 Å². The normalized spacial score (nSPS) is 16.1. The first kappa shape index (κ1) is 15.1. The summed E-state index contributed by atoms with van der Waals surface area (Å²) in [6.07, 6.45) is 1.73. The number of rotatable bonds is 5. The lowest BCUT2D eigenvalue weighted by molar-refractivity contribution is -0.136. The number of hydrogen-bond acceptors (Lipinski definition) is 5. The standard InChI is InChI=1S/C16H19NO4/c1-10(2)9-20-14-6-5-12(8-15(14)19-4)7-13-11(3)17-21-16(13)18/h5-8,10H,9H2,1-4H3. The van der Waals surface area contributed by atoms with Crippen LogP contribution < -0.4 is 9.47 Å². The summed E-state index contributed by atoms with van der Waals surface area (Å²) in [6.45, 7) is 6.52. The maximum absolute atomic E-state index is 11.5. The molecule has 0 amide bonds. The van der Waals surface area contributed by atoms with Gasteiger partial charge in [-0.2, -0.15) is 0 Å². The van der Waals surface area contributed by atoms with Gasteiger partial charge in [0.1, 0.15) is 0 Å². The van der Waals surface area contributed by atoms with Gasteiger partial charge in [-0.1, -0.05) is 25.1 Å². The van der Waals surface area contributed by atoms with Crippen LogP contribution in [0.1, 0.15) is 26.3 Å². The van der Waals surface area contributed by atoms with E-state index >= 15 is 0 Å². The highest BCUT2D eigenvalue weighted by atomic mass is 16.7. The van der Waals surface area contributed by atoms with Crippen LogP contribution in [0.25, 0.3) is 6.08 Å². The quantitative estimate of drug-likeness (QED) is 0.617. The summed E-state index contributed by atoms with van der Waals surface area (Å²) < 4.78 is 11.0. The average Bonchev–Trinajstić information content (AvgIpc) is 2.77. The Kier molecular flexibility index (Phi) is 4.62. The van der Waals surface area contributed by atoms with Crippen LogP contribution in [0.5, 0.6) is 11.5 Å². The Labute approximate surface area is 124 Å². The van der Waals surface area contributed by atoms with E-state index in [9.17, 15) is 4.79 Å². The molecular formula is C16H19NO4. The van der Waals surface area contributed by atoms with Crippen molar-refractivity contribution >= 4 is 17.8 Å². The molecule has 0 fully saturated rings. The third-order valence-corrected chi connectivity index (χ3v) is 2.95. The SMILES string of the molecule is COc1cc(C=C2C(=O)ON=C2C)ccc1OCC(C)C. The van der Waals surface area contributed by atoms with Gasteiger partial charge in [-0.3, -0.25) is 0 Å². The second kappa shape index (κ2) is 6.43. The monoisotopic (exact) mass is 289 g/mol. The van der Waals surface area contributed by atoms with E-state index in [2.05, 4.69) is 23.8 Å². The van der Waals surface area contributed by atoms with Crippen molar-refractivity contribution < 1.29 is 19.1 Å². The number of ether oxygens (including phenoxy) is 2. The minimum atomic E-state index is -0.438. The lowest BCUT2D eigenvalue weighted by atomic mass is 10.1. The van der Waals surface area contributed by atoms with Gasteiger partial charge in [-0.05, 0) is 36.6 Å². The smallest absolute Gasteiger partial charge is 0.367 e. The summed E-state index contributed by atoms with van der Waals surface area (Å²) in [5.74, 6) is 1.31. The summed E-state index contributed by atoms with van der Waals surface area (Å²) >= 11 is 0. The van der Waals surface area contributed by atoms with E-state index in [1.165, 1.54) is 0 Å². The first-order valence-electron chi connectivity index (χ1n) is 6.80. The molecule has 0 spiro atoms. The molecule has 2 rings (SSSR count). The molecule has 0 aliphatic carbocycles. The Morgan fingerprint density at radius 1 is 1.33 bits per heavy atom. The zero-order valence-electron chi connectivity index (χ0n) is 12.7. The molecule has 5 heteroatoms. The number of benzene rings is 1. The summed E-state index contributed by atoms with van der Waals surface area (Å²) in [7, 11) is 1.59. The lowest BCUT2D eigenvalue weighted by Gasteiger charge is -2.12. The number of carbonyl (C=O) groups is 1. The maximum atomic E-state index is 11.5. The molecule has 0 saturated heterocycles. The molecule has 112 valence electrons. The van der Waals surface area contributed by atoms with Crippen LogP contribution in [0.3, 0.4) is 0 Å². The van der Waals surface area contributed by atoms with E-state index in [0.717, 1.165) is 5.56 Å². The first-order valence-corrected chi connectivity index (χ1v) is 6.80. The zero-order chi connectivity index (χ0) is 15.4. The van der Waals surface area contributed by atoms with Crippen LogP contribution in [0.15, 0.2) is 28.9 Å². The van der Waals surface area contributed by atoms with Crippen LogP contribution in [0.2, 0.25) is 0 Å². The molecule has 5 nitrogen and oxygen atoms in total. The van der Waals surface area contributed by atoms with Gasteiger partial charge < -0.3 is 14.3 Å². The summed E-state index contributed by atoms with van der Waals surface area (Å²) in [5, 5.41) is 3.65. The highest BCUT2D eigenvalue weighted by Gasteiger charge is 2.21. The molecular weight excluding hydrogens is 270 g/mol. The Morgan fingerprint density at radius 2 is 2.10 bits per heavy atom. The fourth-order valence-corrected chi connectivity index (χ4v) is 1.84. The topological polar surface area (TPSA) is 57.1 Å². The molecule has 1 aromatic carbocycles. The molecule has 0 radical (unpaired) electrons. The second-order valence-electron chi connectivity index (χ2n) is 5.23. The average molecular weight is 289 g/mol. The molecule has 1 aliphatic rings. The molecule has 0 unspecified atom stereocenters. The van der Waals surface area contributed by atoms with Crippen molar-refractivity contribution in [3.8, 4) is 11.5 Å². The number of oxime groups is 1. The molecule has 21 heavy (non-hydrogen) atoms. The minimum Gasteiger partial charge on any atom is -0.493 e. The van der Waals surface area contributed by atoms with Crippen molar-refractivity contribution in [3.63, 3.8) is 0 Å². The van der Waals surface area contributed by atoms with Gasteiger partial charge in [0.05, 0.1) is 25.0 Å². The van der Waals surface area contributed by atoms with Crippen molar-refractivity contribution in [2.75, 3.05) is 13.7 Å². The van der Waals surface area contributed by atoms with E-state index < -0.39 is 5.97 Å². The molecule has 0 atom stereocenters. The molecule has 1 aliphatic heterocycles. The zero-order valence-corrected chi connectivity index (χ0v) is 12.7. The Morgan fingerprint density at radius 3 is 2.67 bits per heavy atom. The highest BCUT2D eigenvalue weighted by molar-refractivity contribution is 6.24. The fourth-order valence-electron chi connectivity index (χ4n) is 1.84. The third-order valence-electron chi connectivity index (χ3n) is 2.95. The number of nitrogens with zero attached hydrogens (tertiary/aromatic N) is 1. The Bertz CT molecular complexity index is 602. The van der Waals surface area contributed by atoms with Gasteiger partial charge in [0.2, 0.25) is 0 Å². The van der Waals surface area contributed by atoms with Crippen molar-refractivity contribution in [1.82, 2.24) is 0 Å². The van der Waals surface area contributed by atoms with Gasteiger partial charge in [0.25, 0.3) is 0 Å². The van der Waals surface area contributed by atoms with Crippen molar-refractivity contribution in [3.05, 3.63) is 29.3 Å². The third kappa shape index (κ3) is 3.62. The second-order valence-corrected chi connectivity index (χ2v) is 5.23. The maximum Gasteiger partial charge on any atom is 0.367 e. The van der Waals surface area contributed by atoms with Gasteiger partial charge in [0, 0.05) is 0 Å². The van der Waals surface area contributed by atoms with Crippen LogP contribution >= 0.6 is 0 Å². The van der Waals surface area contributed by atoms with Crippen LogP contribution in [-0.2, 0) is 9.63 Å². The van der Waals surface area contributed by atoms with Crippen molar-refractivity contribution in [2.45, 2.75) is 20.8 Å². The van der Waals surface area contributed by atoms with E-state index in [-0.39, 0.29) is 0 Å². The largest absolute Gasteiger partial charge is 0.493 e. The van der Waals surface area contributed by atoms with Crippen LogP contribution in [-0.4, -0.2) is 25.4 Å². The van der Waals surface area contributed by atoms with Gasteiger partial charge in [0.15, 0.2) is 11.5 Å². The van der Waals surface area contributed by atoms with Crippen molar-refractivity contribution in [1.29, 1.82) is 0 Å². The highest BCUT2D eigenvalue weighted by Crippen LogP contribution is 2.29.